The number of benzene rings is 10. The fourth-order valence-electron chi connectivity index (χ4n) is 7.33. The fraction of sp³-hybridized carbons (Fsp3) is 0.0267. The molecule has 96 heavy (non-hydrogen) atoms. The van der Waals surface area contributed by atoms with E-state index >= 15 is 0 Å². The third kappa shape index (κ3) is 37.9. The zero-order valence-electron chi connectivity index (χ0n) is 54.1. The molecule has 0 bridgehead atoms. The molecule has 0 aliphatic rings. The van der Waals surface area contributed by atoms with Crippen molar-refractivity contribution in [2.45, 2.75) is 13.8 Å². The standard InChI is InChI=1S/C16H12N2O.2C14H13NO.2C13H11NO.5CH3.2BrH.3ClH.5Ti/c19-15-9-2-1-5-13(15)11-18-14-8-3-6-12-7-4-10-17-16(12)14;1-11-6-2-4-8-13(11)15-10-12-7-3-5-9-14(12)16;1-11-6-5-7-12(14(11)16)10-15-13-8-3-2-4-9-13;2*15-13-9-5-4-6-11(13)10-14-12-7-2-1-3-8-12;;;;;;;;;;;;;;;/h1-11,19H;2*2-10,16H,1H3;2*1-10,15H;5*1H3;5*1H;;;;;/q;;;;;5*-1;;;;;;5*+2/p-5. The normalized spacial score (nSPS) is 9.35. The summed E-state index contributed by atoms with van der Waals surface area (Å²) in [6, 6.07) is 80.7. The van der Waals surface area contributed by atoms with Gasteiger partial charge in [0.25, 0.3) is 0 Å². The van der Waals surface area contributed by atoms with Crippen molar-refractivity contribution in [1.82, 2.24) is 4.98 Å². The molecule has 11 aromatic rings. The van der Waals surface area contributed by atoms with Gasteiger partial charge in [-0.25, -0.2) is 0 Å². The fourth-order valence-corrected chi connectivity index (χ4v) is 7.33. The van der Waals surface area contributed by atoms with Gasteiger partial charge >= 0.3 is 149 Å². The Labute approximate surface area is 653 Å². The van der Waals surface area contributed by atoms with E-state index in [0.29, 0.717) is 11.3 Å². The van der Waals surface area contributed by atoms with Crippen LogP contribution in [0.4, 0.5) is 28.4 Å². The summed E-state index contributed by atoms with van der Waals surface area (Å²) in [5.41, 5.74) is 10.8. The van der Waals surface area contributed by atoms with E-state index in [1.54, 1.807) is 85.8 Å². The predicted molar refractivity (Wildman–Crippen MR) is 401 cm³/mol. The average molecular weight is 1650 g/mol. The molecule has 0 aliphatic heterocycles. The molecule has 0 saturated carbocycles. The number of rotatable bonds is 10. The van der Waals surface area contributed by atoms with Crippen LogP contribution in [0, 0.1) is 51.0 Å². The molecule has 11 rings (SSSR count). The van der Waals surface area contributed by atoms with E-state index in [9.17, 15) is 25.5 Å². The van der Waals surface area contributed by atoms with E-state index in [2.05, 4.69) is 84.2 Å². The minimum atomic E-state index is 0. The van der Waals surface area contributed by atoms with Crippen molar-refractivity contribution in [3.8, 4) is 28.7 Å². The molecule has 1 heterocycles. The van der Waals surface area contributed by atoms with Gasteiger partial charge in [-0.1, -0.05) is 152 Å². The number of hydrogen-bond acceptors (Lipinski definition) is 11. The number of aliphatic imine (C=N–C) groups is 5. The number of nitrogens with zero attached hydrogens (tertiary/aromatic N) is 6. The van der Waals surface area contributed by atoms with E-state index in [4.69, 9.17) is 0 Å². The Balaban J connectivity index is -0.000000527. The van der Waals surface area contributed by atoms with Crippen molar-refractivity contribution in [3.63, 3.8) is 0 Å². The topological polar surface area (TPSA) is 176 Å². The van der Waals surface area contributed by atoms with E-state index in [1.165, 1.54) is 58.1 Å². The Hall–Kier alpha value is -5.64. The summed E-state index contributed by atoms with van der Waals surface area (Å²) in [7, 11) is 13.9. The van der Waals surface area contributed by atoms with E-state index in [1.807, 2.05) is 263 Å². The van der Waals surface area contributed by atoms with Crippen LogP contribution in [0.2, 0.25) is 0 Å². The second kappa shape index (κ2) is 61.7. The monoisotopic (exact) mass is 1640 g/mol. The molecule has 1 aromatic heterocycles. The van der Waals surface area contributed by atoms with Crippen LogP contribution >= 0.6 is 54.2 Å². The molecule has 0 amide bonds. The third-order valence-electron chi connectivity index (χ3n) is 11.8. The average Bonchev–Trinajstić information content (AvgIpc) is 0.912. The molecule has 10 aromatic carbocycles. The van der Waals surface area contributed by atoms with Crippen molar-refractivity contribution in [2.75, 3.05) is 0 Å². The van der Waals surface area contributed by atoms with Gasteiger partial charge < -0.3 is 62.7 Å². The number of aromatic nitrogens is 1. The first-order valence-electron chi connectivity index (χ1n) is 26.7. The number of halogens is 5. The summed E-state index contributed by atoms with van der Waals surface area (Å²) < 4.78 is 0. The number of phenolic OH excluding ortho intramolecular Hbond substituents is 5. The molecule has 0 atom stereocenters. The van der Waals surface area contributed by atoms with Gasteiger partial charge in [0, 0.05) is 70.5 Å². The van der Waals surface area contributed by atoms with Gasteiger partial charge in [0.05, 0.1) is 34.0 Å². The van der Waals surface area contributed by atoms with Crippen LogP contribution in [0.15, 0.2) is 292 Å². The van der Waals surface area contributed by atoms with Gasteiger partial charge in [-0.3, -0.25) is 29.9 Å². The first kappa shape index (κ1) is 96.7. The Kier molecular flexibility index (Phi) is 62.2. The summed E-state index contributed by atoms with van der Waals surface area (Å²) in [5.74, 6) is 1.26. The number of hydrogen-bond donors (Lipinski definition) is 5. The zero-order valence-corrected chi connectivity index (χ0v) is 67.3. The maximum absolute atomic E-state index is 9.78. The Bertz CT molecular complexity index is 3790. The second-order valence-electron chi connectivity index (χ2n) is 17.7. The Morgan fingerprint density at radius 2 is 0.573 bits per heavy atom. The van der Waals surface area contributed by atoms with Crippen molar-refractivity contribution < 1.29 is 120 Å². The zero-order chi connectivity index (χ0) is 66.9. The second-order valence-corrected chi connectivity index (χ2v) is 17.7. The van der Waals surface area contributed by atoms with Gasteiger partial charge in [-0.15, -0.1) is 0 Å². The van der Waals surface area contributed by atoms with Crippen LogP contribution in [-0.4, -0.2) is 61.6 Å². The summed E-state index contributed by atoms with van der Waals surface area (Å²) in [6.45, 7) is 3.88. The van der Waals surface area contributed by atoms with Crippen LogP contribution in [0.3, 0.4) is 0 Å². The molecule has 0 radical (unpaired) electrons. The quantitative estimate of drug-likeness (QED) is 0.0517. The molecule has 0 spiro atoms. The molecule has 490 valence electrons. The summed E-state index contributed by atoms with van der Waals surface area (Å²) in [4.78, 5) is 25.9. The van der Waals surface area contributed by atoms with Crippen LogP contribution in [0.5, 0.6) is 28.7 Å². The van der Waals surface area contributed by atoms with Gasteiger partial charge in [0.1, 0.15) is 28.7 Å². The molecule has 0 unspecified atom stereocenters. The Morgan fingerprint density at radius 1 is 0.302 bits per heavy atom. The summed E-state index contributed by atoms with van der Waals surface area (Å²) in [5, 5.41) is 49.1. The van der Waals surface area contributed by atoms with E-state index in [0.717, 1.165) is 72.7 Å². The maximum atomic E-state index is 9.78. The van der Waals surface area contributed by atoms with Crippen LogP contribution < -0.4 is 0 Å². The molecule has 0 aliphatic carbocycles. The van der Waals surface area contributed by atoms with Crippen LogP contribution in [0.1, 0.15) is 38.9 Å². The SMILES string of the molecule is Cc1cccc(C=Nc2ccccc2)c1O.Cc1ccccc1N=Cc1ccccc1O.Oc1ccccc1C=Nc1cccc2cccnc12.Oc1ccccc1C=Nc1ccccc1.Oc1ccccc1C=Nc1ccccc1.[CH3-].[CH3-].[CH3-].[CH3-].[CH3-].[Cl][Ti+].[Cl][Ti+].[Cl][Ti+].[Ti+][Br].[Ti+][Br]. The number of pyridine rings is 1. The van der Waals surface area contributed by atoms with Crippen molar-refractivity contribution >= 4 is 125 Å². The molecule has 5 N–H and O–H groups in total. The first-order chi connectivity index (χ1) is 44.6. The van der Waals surface area contributed by atoms with Gasteiger partial charge in [-0.2, -0.15) is 0 Å². The van der Waals surface area contributed by atoms with Gasteiger partial charge in [0.15, 0.2) is 0 Å². The summed E-state index contributed by atoms with van der Waals surface area (Å²) in [6.07, 6.45) is 10.1. The molecular weight excluding hydrogens is 1570 g/mol. The van der Waals surface area contributed by atoms with E-state index < -0.39 is 0 Å². The van der Waals surface area contributed by atoms with Crippen LogP contribution in [0.25, 0.3) is 10.9 Å². The number of fused-ring (bicyclic) bond motifs is 1. The molecule has 0 fully saturated rings. The number of aromatic hydroxyl groups is 5. The van der Waals surface area contributed by atoms with Crippen molar-refractivity contribution in [3.05, 3.63) is 343 Å². The number of para-hydroxylation sites is 10. The third-order valence-corrected chi connectivity index (χ3v) is 11.8. The first-order valence-corrected chi connectivity index (χ1v) is 40.9. The van der Waals surface area contributed by atoms with Crippen molar-refractivity contribution in [2.24, 2.45) is 25.0 Å². The number of phenols is 5. The van der Waals surface area contributed by atoms with Gasteiger partial charge in [-0.05, 0) is 134 Å². The molecular formula is C75H75Br2Cl3N6O5Ti5. The molecule has 11 nitrogen and oxygen atoms in total. The van der Waals surface area contributed by atoms with Crippen LogP contribution in [-0.2, 0) is 94.8 Å². The van der Waals surface area contributed by atoms with Gasteiger partial charge in [0.2, 0.25) is 0 Å². The summed E-state index contributed by atoms with van der Waals surface area (Å²) >= 11 is 13.9. The number of aryl methyl sites for hydroxylation is 2. The van der Waals surface area contributed by atoms with Crippen molar-refractivity contribution in [1.29, 1.82) is 0 Å². The Morgan fingerprint density at radius 3 is 0.948 bits per heavy atom. The molecule has 21 heteroatoms. The predicted octanol–water partition coefficient (Wildman–Crippen LogP) is 22.9. The molecule has 0 saturated heterocycles. The van der Waals surface area contributed by atoms with E-state index in [-0.39, 0.29) is 60.1 Å². The minimum absolute atomic E-state index is 0.